The molecule has 136 valence electrons. The molecule has 0 spiro atoms. The van der Waals surface area contributed by atoms with Crippen LogP contribution in [0.4, 0.5) is 0 Å². The quantitative estimate of drug-likeness (QED) is 0.465. The summed E-state index contributed by atoms with van der Waals surface area (Å²) < 4.78 is 21.0. The van der Waals surface area contributed by atoms with E-state index < -0.39 is 5.97 Å². The van der Waals surface area contributed by atoms with E-state index in [1.165, 1.54) is 34.2 Å². The van der Waals surface area contributed by atoms with Crippen molar-refractivity contribution in [3.8, 4) is 17.2 Å². The van der Waals surface area contributed by atoms with Gasteiger partial charge in [0.1, 0.15) is 0 Å². The van der Waals surface area contributed by atoms with Crippen molar-refractivity contribution in [2.45, 2.75) is 38.5 Å². The van der Waals surface area contributed by atoms with Gasteiger partial charge in [0.2, 0.25) is 5.75 Å². The normalized spacial score (nSPS) is 10.3. The van der Waals surface area contributed by atoms with Crippen LogP contribution in [0.1, 0.15) is 48.9 Å². The van der Waals surface area contributed by atoms with Gasteiger partial charge in [-0.3, -0.25) is 0 Å². The van der Waals surface area contributed by atoms with Gasteiger partial charge in [0, 0.05) is 0 Å². The fraction of sp³-hybridized carbons (Fsp3) is 0.611. The van der Waals surface area contributed by atoms with Crippen molar-refractivity contribution in [1.82, 2.24) is 0 Å². The minimum atomic E-state index is -0.391. The van der Waals surface area contributed by atoms with Gasteiger partial charge in [0.05, 0.1) is 33.5 Å². The Labute approximate surface area is 144 Å². The van der Waals surface area contributed by atoms with Gasteiger partial charge < -0.3 is 24.7 Å². The molecule has 0 saturated carbocycles. The van der Waals surface area contributed by atoms with Crippen molar-refractivity contribution in [2.75, 3.05) is 34.5 Å². The first-order valence-corrected chi connectivity index (χ1v) is 8.35. The molecule has 6 heteroatoms. The number of carbonyl (C=O) groups is 1. The first kappa shape index (κ1) is 20.1. The van der Waals surface area contributed by atoms with Crippen LogP contribution in [-0.4, -0.2) is 40.5 Å². The van der Waals surface area contributed by atoms with Crippen molar-refractivity contribution < 1.29 is 23.7 Å². The fourth-order valence-corrected chi connectivity index (χ4v) is 2.40. The maximum atomic E-state index is 12.2. The zero-order valence-electron chi connectivity index (χ0n) is 14.9. The number of benzene rings is 1. The summed E-state index contributed by atoms with van der Waals surface area (Å²) in [5.41, 5.74) is 5.84. The number of ether oxygens (including phenoxy) is 4. The highest BCUT2D eigenvalue weighted by Gasteiger charge is 2.17. The van der Waals surface area contributed by atoms with E-state index in [0.717, 1.165) is 32.2 Å². The molecular formula is C18H29NO5. The first-order chi connectivity index (χ1) is 11.7. The van der Waals surface area contributed by atoms with Crippen LogP contribution in [0.2, 0.25) is 0 Å². The summed E-state index contributed by atoms with van der Waals surface area (Å²) in [6.45, 7) is 1.17. The van der Waals surface area contributed by atoms with E-state index >= 15 is 0 Å². The minimum Gasteiger partial charge on any atom is -0.493 e. The molecule has 1 aromatic carbocycles. The molecule has 0 saturated heterocycles. The van der Waals surface area contributed by atoms with E-state index in [2.05, 4.69) is 0 Å². The fourth-order valence-electron chi connectivity index (χ4n) is 2.40. The number of unbranched alkanes of at least 4 members (excludes halogenated alkanes) is 5. The number of nitrogens with two attached hydrogens (primary N) is 1. The van der Waals surface area contributed by atoms with E-state index in [9.17, 15) is 4.79 Å². The summed E-state index contributed by atoms with van der Waals surface area (Å²) in [5, 5.41) is 0. The van der Waals surface area contributed by atoms with E-state index in [0.29, 0.717) is 29.4 Å². The van der Waals surface area contributed by atoms with Gasteiger partial charge in [-0.15, -0.1) is 0 Å². The Balaban J connectivity index is 2.47. The summed E-state index contributed by atoms with van der Waals surface area (Å²) in [7, 11) is 4.54. The van der Waals surface area contributed by atoms with Crippen LogP contribution >= 0.6 is 0 Å². The highest BCUT2D eigenvalue weighted by Crippen LogP contribution is 2.38. The lowest BCUT2D eigenvalue weighted by Crippen LogP contribution is -2.08. The van der Waals surface area contributed by atoms with Gasteiger partial charge >= 0.3 is 5.97 Å². The number of esters is 1. The molecule has 0 unspecified atom stereocenters. The van der Waals surface area contributed by atoms with Crippen molar-refractivity contribution in [3.63, 3.8) is 0 Å². The molecule has 0 fully saturated rings. The van der Waals surface area contributed by atoms with Gasteiger partial charge in [0.25, 0.3) is 0 Å². The van der Waals surface area contributed by atoms with Gasteiger partial charge in [-0.25, -0.2) is 4.79 Å². The number of methoxy groups -OCH3 is 3. The Morgan fingerprint density at radius 2 is 1.42 bits per heavy atom. The predicted octanol–water partition coefficient (Wildman–Crippen LogP) is 3.17. The van der Waals surface area contributed by atoms with Crippen LogP contribution in [0, 0.1) is 0 Å². The van der Waals surface area contributed by atoms with Crippen LogP contribution in [0.3, 0.4) is 0 Å². The smallest absolute Gasteiger partial charge is 0.338 e. The molecule has 1 aromatic rings. The lowest BCUT2D eigenvalue weighted by molar-refractivity contribution is 0.0496. The molecule has 0 aromatic heterocycles. The molecule has 0 bridgehead atoms. The summed E-state index contributed by atoms with van der Waals surface area (Å²) in [4.78, 5) is 12.2. The van der Waals surface area contributed by atoms with E-state index in [-0.39, 0.29) is 0 Å². The second-order valence-electron chi connectivity index (χ2n) is 5.46. The standard InChI is InChI=1S/C18H29NO5/c1-21-15-12-14(13-16(22-2)17(15)23-3)18(20)24-11-9-7-5-4-6-8-10-19/h12-13H,4-11,19H2,1-3H3. The SMILES string of the molecule is COc1cc(C(=O)OCCCCCCCCN)cc(OC)c1OC. The highest BCUT2D eigenvalue weighted by atomic mass is 16.5. The van der Waals surface area contributed by atoms with Crippen LogP contribution in [0.25, 0.3) is 0 Å². The summed E-state index contributed by atoms with van der Waals surface area (Å²) in [6.07, 6.45) is 6.48. The number of carbonyl (C=O) groups excluding carboxylic acids is 1. The number of hydrogen-bond acceptors (Lipinski definition) is 6. The molecule has 6 nitrogen and oxygen atoms in total. The lowest BCUT2D eigenvalue weighted by atomic mass is 10.1. The number of rotatable bonds is 12. The Hall–Kier alpha value is -1.95. The summed E-state index contributed by atoms with van der Waals surface area (Å²) in [6, 6.07) is 3.19. The van der Waals surface area contributed by atoms with Gasteiger partial charge in [-0.2, -0.15) is 0 Å². The molecular weight excluding hydrogens is 310 g/mol. The predicted molar refractivity (Wildman–Crippen MR) is 93.1 cm³/mol. The third-order valence-corrected chi connectivity index (χ3v) is 3.73. The second-order valence-corrected chi connectivity index (χ2v) is 5.46. The highest BCUT2D eigenvalue weighted by molar-refractivity contribution is 5.91. The average Bonchev–Trinajstić information content (AvgIpc) is 2.62. The van der Waals surface area contributed by atoms with Crippen LogP contribution < -0.4 is 19.9 Å². The van der Waals surface area contributed by atoms with E-state index in [1.807, 2.05) is 0 Å². The molecule has 0 atom stereocenters. The van der Waals surface area contributed by atoms with Crippen LogP contribution in [-0.2, 0) is 4.74 Å². The maximum absolute atomic E-state index is 12.2. The van der Waals surface area contributed by atoms with Gasteiger partial charge in [0.15, 0.2) is 11.5 Å². The van der Waals surface area contributed by atoms with Crippen molar-refractivity contribution in [1.29, 1.82) is 0 Å². The largest absolute Gasteiger partial charge is 0.493 e. The molecule has 1 rings (SSSR count). The summed E-state index contributed by atoms with van der Waals surface area (Å²) >= 11 is 0. The second kappa shape index (κ2) is 11.6. The minimum absolute atomic E-state index is 0.382. The molecule has 0 aliphatic rings. The van der Waals surface area contributed by atoms with E-state index in [1.54, 1.807) is 12.1 Å². The van der Waals surface area contributed by atoms with Gasteiger partial charge in [-0.1, -0.05) is 25.7 Å². The zero-order chi connectivity index (χ0) is 17.8. The molecule has 0 aliphatic heterocycles. The summed E-state index contributed by atoms with van der Waals surface area (Å²) in [5.74, 6) is 0.929. The maximum Gasteiger partial charge on any atom is 0.338 e. The average molecular weight is 339 g/mol. The molecule has 0 amide bonds. The van der Waals surface area contributed by atoms with Crippen molar-refractivity contribution in [3.05, 3.63) is 17.7 Å². The number of hydrogen-bond donors (Lipinski definition) is 1. The lowest BCUT2D eigenvalue weighted by Gasteiger charge is -2.13. The molecule has 24 heavy (non-hydrogen) atoms. The first-order valence-electron chi connectivity index (χ1n) is 8.35. The van der Waals surface area contributed by atoms with Crippen LogP contribution in [0.15, 0.2) is 12.1 Å². The Morgan fingerprint density at radius 3 is 1.92 bits per heavy atom. The van der Waals surface area contributed by atoms with Crippen LogP contribution in [0.5, 0.6) is 17.2 Å². The Bertz CT molecular complexity index is 479. The Morgan fingerprint density at radius 1 is 0.875 bits per heavy atom. The monoisotopic (exact) mass is 339 g/mol. The third kappa shape index (κ3) is 6.28. The van der Waals surface area contributed by atoms with Crippen molar-refractivity contribution in [2.24, 2.45) is 5.73 Å². The van der Waals surface area contributed by atoms with Gasteiger partial charge in [-0.05, 0) is 31.5 Å². The topological polar surface area (TPSA) is 80.0 Å². The third-order valence-electron chi connectivity index (χ3n) is 3.73. The Kier molecular flexibility index (Phi) is 9.68. The molecule has 0 aliphatic carbocycles. The van der Waals surface area contributed by atoms with E-state index in [4.69, 9.17) is 24.7 Å². The van der Waals surface area contributed by atoms with Crippen molar-refractivity contribution >= 4 is 5.97 Å². The molecule has 2 N–H and O–H groups in total. The molecule has 0 radical (unpaired) electrons. The zero-order valence-corrected chi connectivity index (χ0v) is 14.9. The molecule has 0 heterocycles.